The Balaban J connectivity index is 1.44. The molecule has 0 radical (unpaired) electrons. The first-order valence-electron chi connectivity index (χ1n) is 9.07. The standard InChI is InChI=1S/C21H27NO2S/c23-16-17-8-9-20-18(14-17)10-12-22(15-21(20)24)11-4-5-13-25-19-6-2-1-3-7-19/h1-3,6-9,14,21,23-24H,4-5,10-13,15-16H2. The van der Waals surface area contributed by atoms with Gasteiger partial charge in [0.1, 0.15) is 0 Å². The number of aliphatic hydroxyl groups is 2. The molecule has 3 nitrogen and oxygen atoms in total. The Kier molecular flexibility index (Phi) is 6.93. The fourth-order valence-electron chi connectivity index (χ4n) is 3.36. The summed E-state index contributed by atoms with van der Waals surface area (Å²) in [5, 5.41) is 19.8. The number of unbranched alkanes of at least 4 members (excludes halogenated alkanes) is 1. The molecule has 1 atom stereocenters. The molecule has 3 rings (SSSR count). The van der Waals surface area contributed by atoms with E-state index in [2.05, 4.69) is 35.2 Å². The van der Waals surface area contributed by atoms with Gasteiger partial charge in [-0.15, -0.1) is 11.8 Å². The SMILES string of the molecule is OCc1ccc2c(c1)CCN(CCCCSc1ccccc1)CC2O. The zero-order valence-electron chi connectivity index (χ0n) is 14.6. The summed E-state index contributed by atoms with van der Waals surface area (Å²) in [7, 11) is 0. The third-order valence-electron chi connectivity index (χ3n) is 4.76. The van der Waals surface area contributed by atoms with Crippen molar-refractivity contribution in [1.82, 2.24) is 4.90 Å². The number of aliphatic hydroxyl groups excluding tert-OH is 2. The smallest absolute Gasteiger partial charge is 0.0919 e. The maximum atomic E-state index is 10.5. The van der Waals surface area contributed by atoms with Gasteiger partial charge in [0, 0.05) is 18.0 Å². The predicted octanol–water partition coefficient (Wildman–Crippen LogP) is 3.64. The van der Waals surface area contributed by atoms with Crippen molar-refractivity contribution >= 4 is 11.8 Å². The molecule has 0 aliphatic carbocycles. The third-order valence-corrected chi connectivity index (χ3v) is 5.86. The van der Waals surface area contributed by atoms with Gasteiger partial charge in [-0.1, -0.05) is 36.4 Å². The molecule has 0 aromatic heterocycles. The van der Waals surface area contributed by atoms with Gasteiger partial charge in [0.05, 0.1) is 12.7 Å². The van der Waals surface area contributed by atoms with E-state index in [1.807, 2.05) is 30.0 Å². The second-order valence-electron chi connectivity index (χ2n) is 6.63. The van der Waals surface area contributed by atoms with Crippen LogP contribution < -0.4 is 0 Å². The minimum Gasteiger partial charge on any atom is -0.392 e. The molecule has 1 aliphatic heterocycles. The summed E-state index contributed by atoms with van der Waals surface area (Å²) in [4.78, 5) is 3.71. The van der Waals surface area contributed by atoms with Gasteiger partial charge in [0.25, 0.3) is 0 Å². The Labute approximate surface area is 154 Å². The summed E-state index contributed by atoms with van der Waals surface area (Å²) < 4.78 is 0. The van der Waals surface area contributed by atoms with Gasteiger partial charge < -0.3 is 15.1 Å². The summed E-state index contributed by atoms with van der Waals surface area (Å²) in [6, 6.07) is 16.5. The zero-order chi connectivity index (χ0) is 17.5. The number of nitrogens with zero attached hydrogens (tertiary/aromatic N) is 1. The maximum Gasteiger partial charge on any atom is 0.0919 e. The van der Waals surface area contributed by atoms with Gasteiger partial charge in [-0.05, 0) is 60.4 Å². The Bertz CT molecular complexity index is 662. The van der Waals surface area contributed by atoms with Crippen LogP contribution in [0.1, 0.15) is 35.6 Å². The van der Waals surface area contributed by atoms with Crippen molar-refractivity contribution in [2.45, 2.75) is 36.9 Å². The van der Waals surface area contributed by atoms with Gasteiger partial charge in [-0.25, -0.2) is 0 Å². The molecule has 2 N–H and O–H groups in total. The van der Waals surface area contributed by atoms with Gasteiger partial charge in [-0.3, -0.25) is 0 Å². The number of hydrogen-bond donors (Lipinski definition) is 2. The van der Waals surface area contributed by atoms with Gasteiger partial charge >= 0.3 is 0 Å². The fourth-order valence-corrected chi connectivity index (χ4v) is 4.29. The quantitative estimate of drug-likeness (QED) is 0.586. The number of thioether (sulfide) groups is 1. The topological polar surface area (TPSA) is 43.7 Å². The number of rotatable bonds is 7. The summed E-state index contributed by atoms with van der Waals surface area (Å²) in [6.45, 7) is 2.78. The Hall–Kier alpha value is -1.33. The molecule has 25 heavy (non-hydrogen) atoms. The van der Waals surface area contributed by atoms with Crippen LogP contribution in [-0.2, 0) is 13.0 Å². The molecular formula is C21H27NO2S. The number of fused-ring (bicyclic) bond motifs is 1. The van der Waals surface area contributed by atoms with Crippen LogP contribution in [-0.4, -0.2) is 40.5 Å². The average Bonchev–Trinajstić information content (AvgIpc) is 2.81. The van der Waals surface area contributed by atoms with Crippen LogP contribution in [0.4, 0.5) is 0 Å². The number of β-amino-alcohol motifs (C(OH)–C–C–N with tert-alkyl or cyclic N) is 1. The summed E-state index contributed by atoms with van der Waals surface area (Å²) >= 11 is 1.91. The molecule has 1 heterocycles. The van der Waals surface area contributed by atoms with Crippen molar-refractivity contribution in [2.75, 3.05) is 25.4 Å². The second kappa shape index (κ2) is 9.39. The highest BCUT2D eigenvalue weighted by Crippen LogP contribution is 2.25. The highest BCUT2D eigenvalue weighted by atomic mass is 32.2. The van der Waals surface area contributed by atoms with Crippen LogP contribution in [0.15, 0.2) is 53.4 Å². The Morgan fingerprint density at radius 2 is 1.92 bits per heavy atom. The molecule has 2 aromatic rings. The molecule has 0 saturated carbocycles. The van der Waals surface area contributed by atoms with Crippen LogP contribution in [0.25, 0.3) is 0 Å². The first-order chi connectivity index (χ1) is 12.3. The molecule has 0 amide bonds. The first-order valence-corrected chi connectivity index (χ1v) is 10.1. The first kappa shape index (κ1) is 18.5. The van der Waals surface area contributed by atoms with Crippen LogP contribution in [0.2, 0.25) is 0 Å². The van der Waals surface area contributed by atoms with Crippen molar-refractivity contribution in [3.8, 4) is 0 Å². The van der Waals surface area contributed by atoms with Gasteiger partial charge in [0.15, 0.2) is 0 Å². The molecule has 0 saturated heterocycles. The van der Waals surface area contributed by atoms with Crippen molar-refractivity contribution in [3.63, 3.8) is 0 Å². The van der Waals surface area contributed by atoms with Crippen molar-refractivity contribution in [3.05, 3.63) is 65.2 Å². The van der Waals surface area contributed by atoms with Crippen LogP contribution >= 0.6 is 11.8 Å². The molecule has 1 unspecified atom stereocenters. The largest absolute Gasteiger partial charge is 0.392 e. The minimum absolute atomic E-state index is 0.0617. The van der Waals surface area contributed by atoms with Crippen LogP contribution in [0, 0.1) is 0 Å². The highest BCUT2D eigenvalue weighted by molar-refractivity contribution is 7.99. The second-order valence-corrected chi connectivity index (χ2v) is 7.79. The van der Waals surface area contributed by atoms with Crippen molar-refractivity contribution < 1.29 is 10.2 Å². The fraction of sp³-hybridized carbons (Fsp3) is 0.429. The van der Waals surface area contributed by atoms with Gasteiger partial charge in [-0.2, -0.15) is 0 Å². The summed E-state index contributed by atoms with van der Waals surface area (Å²) in [6.07, 6.45) is 2.86. The maximum absolute atomic E-state index is 10.5. The van der Waals surface area contributed by atoms with Crippen molar-refractivity contribution in [2.24, 2.45) is 0 Å². The zero-order valence-corrected chi connectivity index (χ0v) is 15.4. The van der Waals surface area contributed by atoms with Crippen LogP contribution in [0.5, 0.6) is 0 Å². The molecule has 0 bridgehead atoms. The minimum atomic E-state index is -0.427. The molecule has 0 spiro atoms. The lowest BCUT2D eigenvalue weighted by atomic mass is 9.99. The normalized spacial score (nSPS) is 17.9. The predicted molar refractivity (Wildman–Crippen MR) is 104 cm³/mol. The average molecular weight is 358 g/mol. The highest BCUT2D eigenvalue weighted by Gasteiger charge is 2.21. The molecular weight excluding hydrogens is 330 g/mol. The molecule has 4 heteroatoms. The molecule has 134 valence electrons. The lowest BCUT2D eigenvalue weighted by Crippen LogP contribution is -2.29. The lowest BCUT2D eigenvalue weighted by molar-refractivity contribution is 0.119. The lowest BCUT2D eigenvalue weighted by Gasteiger charge is -2.21. The number of benzene rings is 2. The van der Waals surface area contributed by atoms with E-state index in [4.69, 9.17) is 0 Å². The Morgan fingerprint density at radius 1 is 1.08 bits per heavy atom. The van der Waals surface area contributed by atoms with Crippen LogP contribution in [0.3, 0.4) is 0 Å². The van der Waals surface area contributed by atoms with E-state index in [0.717, 1.165) is 42.8 Å². The molecule has 2 aromatic carbocycles. The molecule has 1 aliphatic rings. The van der Waals surface area contributed by atoms with Crippen molar-refractivity contribution in [1.29, 1.82) is 0 Å². The van der Waals surface area contributed by atoms with E-state index < -0.39 is 6.10 Å². The van der Waals surface area contributed by atoms with E-state index in [1.54, 1.807) is 0 Å². The van der Waals surface area contributed by atoms with E-state index in [9.17, 15) is 10.2 Å². The number of hydrogen-bond acceptors (Lipinski definition) is 4. The van der Waals surface area contributed by atoms with E-state index in [0.29, 0.717) is 6.54 Å². The van der Waals surface area contributed by atoms with E-state index >= 15 is 0 Å². The van der Waals surface area contributed by atoms with E-state index in [-0.39, 0.29) is 6.61 Å². The summed E-state index contributed by atoms with van der Waals surface area (Å²) in [5.74, 6) is 1.14. The monoisotopic (exact) mass is 357 g/mol. The van der Waals surface area contributed by atoms with E-state index in [1.165, 1.54) is 16.9 Å². The third kappa shape index (κ3) is 5.32. The summed E-state index contributed by atoms with van der Waals surface area (Å²) in [5.41, 5.74) is 3.14. The van der Waals surface area contributed by atoms with Gasteiger partial charge in [0.2, 0.25) is 0 Å². The Morgan fingerprint density at radius 3 is 2.72 bits per heavy atom. The molecule has 0 fully saturated rings.